The van der Waals surface area contributed by atoms with Crippen molar-refractivity contribution >= 4 is 27.7 Å². The van der Waals surface area contributed by atoms with Crippen LogP contribution in [0.2, 0.25) is 0 Å². The fourth-order valence-electron chi connectivity index (χ4n) is 1.75. The lowest BCUT2D eigenvalue weighted by Crippen LogP contribution is -2.10. The van der Waals surface area contributed by atoms with Crippen LogP contribution in [0.25, 0.3) is 0 Å². The van der Waals surface area contributed by atoms with Crippen LogP contribution in [-0.4, -0.2) is 16.1 Å². The number of aromatic carboxylic acids is 1. The number of nitrogens with one attached hydrogen (secondary N) is 1. The molecule has 0 spiro atoms. The van der Waals surface area contributed by atoms with Gasteiger partial charge in [-0.3, -0.25) is 0 Å². The number of anilines is 1. The first-order valence-corrected chi connectivity index (χ1v) is 6.54. The lowest BCUT2D eigenvalue weighted by Gasteiger charge is -2.10. The van der Waals surface area contributed by atoms with Crippen LogP contribution in [0.15, 0.2) is 41.0 Å². The van der Waals surface area contributed by atoms with E-state index in [1.807, 2.05) is 24.3 Å². The van der Waals surface area contributed by atoms with Crippen molar-refractivity contribution in [3.63, 3.8) is 0 Å². The molecule has 0 radical (unpaired) electrons. The quantitative estimate of drug-likeness (QED) is 0.905. The number of aryl methyl sites for hydroxylation is 1. The van der Waals surface area contributed by atoms with Crippen LogP contribution < -0.4 is 5.32 Å². The van der Waals surface area contributed by atoms with Gasteiger partial charge in [-0.1, -0.05) is 28.1 Å². The molecule has 1 aromatic carbocycles. The Morgan fingerprint density at radius 1 is 1.32 bits per heavy atom. The molecule has 0 atom stereocenters. The van der Waals surface area contributed by atoms with E-state index in [0.29, 0.717) is 17.9 Å². The highest BCUT2D eigenvalue weighted by atomic mass is 79.9. The van der Waals surface area contributed by atoms with Gasteiger partial charge in [0.05, 0.1) is 0 Å². The SMILES string of the molecule is Cc1ccnc(NCc2ccc(Br)cc2)c1C(=O)O. The number of pyridine rings is 1. The van der Waals surface area contributed by atoms with Crippen molar-refractivity contribution in [2.45, 2.75) is 13.5 Å². The molecule has 0 aliphatic rings. The number of carbonyl (C=O) groups is 1. The Kier molecular flexibility index (Phi) is 4.16. The third kappa shape index (κ3) is 3.32. The van der Waals surface area contributed by atoms with E-state index < -0.39 is 5.97 Å². The van der Waals surface area contributed by atoms with Gasteiger partial charge in [-0.2, -0.15) is 0 Å². The highest BCUT2D eigenvalue weighted by molar-refractivity contribution is 9.10. The minimum atomic E-state index is -0.969. The summed E-state index contributed by atoms with van der Waals surface area (Å²) >= 11 is 3.37. The van der Waals surface area contributed by atoms with Gasteiger partial charge in [0.25, 0.3) is 0 Å². The maximum absolute atomic E-state index is 11.2. The highest BCUT2D eigenvalue weighted by Gasteiger charge is 2.13. The van der Waals surface area contributed by atoms with Crippen LogP contribution in [0, 0.1) is 6.92 Å². The molecule has 1 heterocycles. The van der Waals surface area contributed by atoms with Gasteiger partial charge in [0.2, 0.25) is 0 Å². The van der Waals surface area contributed by atoms with Crippen LogP contribution in [0.3, 0.4) is 0 Å². The minimum absolute atomic E-state index is 0.222. The average molecular weight is 321 g/mol. The van der Waals surface area contributed by atoms with Gasteiger partial charge < -0.3 is 10.4 Å². The van der Waals surface area contributed by atoms with Crippen molar-refractivity contribution in [1.29, 1.82) is 0 Å². The molecule has 5 heteroatoms. The van der Waals surface area contributed by atoms with Gasteiger partial charge in [-0.25, -0.2) is 9.78 Å². The summed E-state index contributed by atoms with van der Waals surface area (Å²) in [7, 11) is 0. The van der Waals surface area contributed by atoms with Gasteiger partial charge in [-0.15, -0.1) is 0 Å². The monoisotopic (exact) mass is 320 g/mol. The zero-order chi connectivity index (χ0) is 13.8. The number of carboxylic acids is 1. The maximum atomic E-state index is 11.2. The third-order valence-electron chi connectivity index (χ3n) is 2.75. The standard InChI is InChI=1S/C14H13BrN2O2/c1-9-6-7-16-13(12(9)14(18)19)17-8-10-2-4-11(15)5-3-10/h2-7H,8H2,1H3,(H,16,17)(H,18,19). The Morgan fingerprint density at radius 3 is 2.63 bits per heavy atom. The second kappa shape index (κ2) is 5.84. The molecule has 0 aliphatic heterocycles. The third-order valence-corrected chi connectivity index (χ3v) is 3.28. The summed E-state index contributed by atoms with van der Waals surface area (Å²) in [5.74, 6) is -0.570. The molecule has 19 heavy (non-hydrogen) atoms. The molecular weight excluding hydrogens is 308 g/mol. The number of benzene rings is 1. The summed E-state index contributed by atoms with van der Waals surface area (Å²) < 4.78 is 1.01. The van der Waals surface area contributed by atoms with Crippen LogP contribution >= 0.6 is 15.9 Å². The fourth-order valence-corrected chi connectivity index (χ4v) is 2.01. The molecule has 0 amide bonds. The Labute approximate surface area is 119 Å². The number of aromatic nitrogens is 1. The van der Waals surface area contributed by atoms with Gasteiger partial charge in [0.15, 0.2) is 0 Å². The van der Waals surface area contributed by atoms with E-state index in [1.165, 1.54) is 0 Å². The number of rotatable bonds is 4. The molecule has 2 rings (SSSR count). The summed E-state index contributed by atoms with van der Waals surface area (Å²) in [6, 6.07) is 9.51. The van der Waals surface area contributed by atoms with Gasteiger partial charge >= 0.3 is 5.97 Å². The van der Waals surface area contributed by atoms with Crippen molar-refractivity contribution < 1.29 is 9.90 Å². The first-order valence-electron chi connectivity index (χ1n) is 5.75. The maximum Gasteiger partial charge on any atom is 0.339 e. The number of hydrogen-bond donors (Lipinski definition) is 2. The molecule has 1 aromatic heterocycles. The van der Waals surface area contributed by atoms with Gasteiger partial charge in [0, 0.05) is 17.2 Å². The molecule has 0 unspecified atom stereocenters. The summed E-state index contributed by atoms with van der Waals surface area (Å²) in [6.45, 7) is 2.29. The Morgan fingerprint density at radius 2 is 2.00 bits per heavy atom. The lowest BCUT2D eigenvalue weighted by molar-refractivity contribution is 0.0697. The van der Waals surface area contributed by atoms with E-state index in [4.69, 9.17) is 0 Å². The van der Waals surface area contributed by atoms with E-state index in [9.17, 15) is 9.90 Å². The summed E-state index contributed by atoms with van der Waals surface area (Å²) in [5.41, 5.74) is 1.98. The van der Waals surface area contributed by atoms with E-state index in [1.54, 1.807) is 19.2 Å². The summed E-state index contributed by atoms with van der Waals surface area (Å²) in [6.07, 6.45) is 1.60. The minimum Gasteiger partial charge on any atom is -0.478 e. The molecule has 0 saturated heterocycles. The molecule has 0 saturated carbocycles. The summed E-state index contributed by atoms with van der Waals surface area (Å²) in [5, 5.41) is 12.3. The normalized spacial score (nSPS) is 10.2. The first-order chi connectivity index (χ1) is 9.08. The predicted molar refractivity (Wildman–Crippen MR) is 77.4 cm³/mol. The Hall–Kier alpha value is -1.88. The summed E-state index contributed by atoms with van der Waals surface area (Å²) in [4.78, 5) is 15.3. The van der Waals surface area contributed by atoms with Crippen LogP contribution in [0.4, 0.5) is 5.82 Å². The highest BCUT2D eigenvalue weighted by Crippen LogP contribution is 2.18. The number of nitrogens with zero attached hydrogens (tertiary/aromatic N) is 1. The Bertz CT molecular complexity index is 597. The van der Waals surface area contributed by atoms with E-state index in [0.717, 1.165) is 10.0 Å². The molecule has 0 bridgehead atoms. The van der Waals surface area contributed by atoms with Gasteiger partial charge in [-0.05, 0) is 36.2 Å². The topological polar surface area (TPSA) is 62.2 Å². The fraction of sp³-hybridized carbons (Fsp3) is 0.143. The van der Waals surface area contributed by atoms with Crippen molar-refractivity contribution in [3.05, 3.63) is 57.7 Å². The van der Waals surface area contributed by atoms with Crippen LogP contribution in [-0.2, 0) is 6.54 Å². The van der Waals surface area contributed by atoms with Crippen molar-refractivity contribution in [1.82, 2.24) is 4.98 Å². The number of halogens is 1. The second-order valence-corrected chi connectivity index (χ2v) is 5.05. The van der Waals surface area contributed by atoms with E-state index in [-0.39, 0.29) is 5.56 Å². The molecule has 0 aliphatic carbocycles. The zero-order valence-electron chi connectivity index (χ0n) is 10.4. The predicted octanol–water partition coefficient (Wildman–Crippen LogP) is 3.46. The molecule has 4 nitrogen and oxygen atoms in total. The van der Waals surface area contributed by atoms with Crippen molar-refractivity contribution in [2.75, 3.05) is 5.32 Å². The Balaban J connectivity index is 2.18. The molecular formula is C14H13BrN2O2. The smallest absolute Gasteiger partial charge is 0.339 e. The van der Waals surface area contributed by atoms with Crippen LogP contribution in [0.5, 0.6) is 0 Å². The van der Waals surface area contributed by atoms with E-state index in [2.05, 4.69) is 26.2 Å². The first kappa shape index (κ1) is 13.5. The molecule has 0 fully saturated rings. The average Bonchev–Trinajstić information content (AvgIpc) is 2.37. The largest absolute Gasteiger partial charge is 0.478 e. The van der Waals surface area contributed by atoms with E-state index >= 15 is 0 Å². The second-order valence-electron chi connectivity index (χ2n) is 4.14. The number of carboxylic acid groups (broad SMARTS) is 1. The molecule has 2 N–H and O–H groups in total. The van der Waals surface area contributed by atoms with Gasteiger partial charge in [0.1, 0.15) is 11.4 Å². The molecule has 98 valence electrons. The zero-order valence-corrected chi connectivity index (χ0v) is 11.9. The number of hydrogen-bond acceptors (Lipinski definition) is 3. The van der Waals surface area contributed by atoms with Crippen molar-refractivity contribution in [3.8, 4) is 0 Å². The van der Waals surface area contributed by atoms with Crippen molar-refractivity contribution in [2.24, 2.45) is 0 Å². The molecule has 2 aromatic rings. The lowest BCUT2D eigenvalue weighted by atomic mass is 10.1. The van der Waals surface area contributed by atoms with Crippen LogP contribution in [0.1, 0.15) is 21.5 Å².